The third-order valence-electron chi connectivity index (χ3n) is 1.10. The van der Waals surface area contributed by atoms with Crippen molar-refractivity contribution in [1.29, 1.82) is 0 Å². The first-order valence-electron chi connectivity index (χ1n) is 4.15. The fourth-order valence-corrected chi connectivity index (χ4v) is 0.717. The SMILES string of the molecule is CCOC(=O)COCCOC(C)Cl. The van der Waals surface area contributed by atoms with Crippen molar-refractivity contribution in [1.82, 2.24) is 0 Å². The van der Waals surface area contributed by atoms with E-state index in [9.17, 15) is 4.79 Å². The van der Waals surface area contributed by atoms with Gasteiger partial charge in [0.05, 0.1) is 19.8 Å². The Bertz CT molecular complexity index is 138. The Kier molecular flexibility index (Phi) is 8.08. The van der Waals surface area contributed by atoms with Crippen LogP contribution in [0.1, 0.15) is 13.8 Å². The van der Waals surface area contributed by atoms with Crippen molar-refractivity contribution < 1.29 is 19.0 Å². The van der Waals surface area contributed by atoms with Gasteiger partial charge < -0.3 is 14.2 Å². The summed E-state index contributed by atoms with van der Waals surface area (Å²) in [6, 6.07) is 0. The van der Waals surface area contributed by atoms with E-state index >= 15 is 0 Å². The lowest BCUT2D eigenvalue weighted by atomic mass is 10.7. The van der Waals surface area contributed by atoms with Crippen LogP contribution in [0.25, 0.3) is 0 Å². The van der Waals surface area contributed by atoms with Crippen LogP contribution in [0.3, 0.4) is 0 Å². The van der Waals surface area contributed by atoms with Crippen LogP contribution < -0.4 is 0 Å². The molecule has 0 radical (unpaired) electrons. The summed E-state index contributed by atoms with van der Waals surface area (Å²) < 4.78 is 14.6. The lowest BCUT2D eigenvalue weighted by Crippen LogP contribution is -2.15. The Balaban J connectivity index is 3.11. The van der Waals surface area contributed by atoms with Gasteiger partial charge in [0.15, 0.2) is 0 Å². The van der Waals surface area contributed by atoms with Gasteiger partial charge in [0.25, 0.3) is 0 Å². The molecular weight excluding hydrogens is 196 g/mol. The van der Waals surface area contributed by atoms with Crippen molar-refractivity contribution >= 4 is 17.6 Å². The number of halogens is 1. The van der Waals surface area contributed by atoms with E-state index in [4.69, 9.17) is 21.1 Å². The molecule has 0 aromatic carbocycles. The zero-order valence-electron chi connectivity index (χ0n) is 7.92. The number of rotatable bonds is 7. The van der Waals surface area contributed by atoms with Gasteiger partial charge in [0.2, 0.25) is 0 Å². The summed E-state index contributed by atoms with van der Waals surface area (Å²) in [4.78, 5) is 10.7. The van der Waals surface area contributed by atoms with Gasteiger partial charge in [0.1, 0.15) is 12.2 Å². The average Bonchev–Trinajstić information content (AvgIpc) is 2.03. The Labute approximate surface area is 83.1 Å². The van der Waals surface area contributed by atoms with E-state index in [2.05, 4.69) is 4.74 Å². The van der Waals surface area contributed by atoms with Crippen LogP contribution >= 0.6 is 11.6 Å². The molecule has 0 amide bonds. The zero-order valence-corrected chi connectivity index (χ0v) is 8.67. The molecule has 13 heavy (non-hydrogen) atoms. The molecule has 1 unspecified atom stereocenters. The molecule has 1 atom stereocenters. The van der Waals surface area contributed by atoms with E-state index in [-0.39, 0.29) is 18.1 Å². The number of carbonyl (C=O) groups is 1. The van der Waals surface area contributed by atoms with Gasteiger partial charge in [-0.1, -0.05) is 11.6 Å². The quantitative estimate of drug-likeness (QED) is 0.360. The van der Waals surface area contributed by atoms with Gasteiger partial charge in [-0.05, 0) is 13.8 Å². The second-order valence-electron chi connectivity index (χ2n) is 2.27. The van der Waals surface area contributed by atoms with Gasteiger partial charge >= 0.3 is 5.97 Å². The average molecular weight is 211 g/mol. The van der Waals surface area contributed by atoms with Crippen LogP contribution in [0, 0.1) is 0 Å². The van der Waals surface area contributed by atoms with E-state index in [1.165, 1.54) is 0 Å². The van der Waals surface area contributed by atoms with E-state index in [1.807, 2.05) is 0 Å². The van der Waals surface area contributed by atoms with E-state index in [0.29, 0.717) is 19.8 Å². The fourth-order valence-electron chi connectivity index (χ4n) is 0.628. The topological polar surface area (TPSA) is 44.8 Å². The molecule has 0 saturated carbocycles. The number of hydrogen-bond donors (Lipinski definition) is 0. The first kappa shape index (κ1) is 12.7. The van der Waals surface area contributed by atoms with Crippen molar-refractivity contribution in [2.45, 2.75) is 19.4 Å². The maximum Gasteiger partial charge on any atom is 0.332 e. The van der Waals surface area contributed by atoms with Crippen molar-refractivity contribution in [3.63, 3.8) is 0 Å². The third kappa shape index (κ3) is 9.60. The molecule has 0 aliphatic rings. The predicted octanol–water partition coefficient (Wildman–Crippen LogP) is 1.17. The zero-order chi connectivity index (χ0) is 10.1. The monoisotopic (exact) mass is 210 g/mol. The minimum absolute atomic E-state index is 0.0339. The lowest BCUT2D eigenvalue weighted by Gasteiger charge is -2.06. The Morgan fingerprint density at radius 1 is 1.46 bits per heavy atom. The fraction of sp³-hybridized carbons (Fsp3) is 0.875. The van der Waals surface area contributed by atoms with Crippen LogP contribution in [0.2, 0.25) is 0 Å². The molecule has 5 heteroatoms. The van der Waals surface area contributed by atoms with Crippen molar-refractivity contribution in [3.05, 3.63) is 0 Å². The van der Waals surface area contributed by atoms with Crippen LogP contribution in [-0.2, 0) is 19.0 Å². The highest BCUT2D eigenvalue weighted by molar-refractivity contribution is 6.19. The Hall–Kier alpha value is -0.320. The molecule has 0 N–H and O–H groups in total. The number of hydrogen-bond acceptors (Lipinski definition) is 4. The third-order valence-corrected chi connectivity index (χ3v) is 1.23. The molecule has 0 bridgehead atoms. The summed E-state index contributed by atoms with van der Waals surface area (Å²) in [5.74, 6) is -0.360. The highest BCUT2D eigenvalue weighted by Gasteiger charge is 2.01. The van der Waals surface area contributed by atoms with Crippen molar-refractivity contribution in [2.24, 2.45) is 0 Å². The largest absolute Gasteiger partial charge is 0.464 e. The van der Waals surface area contributed by atoms with Crippen LogP contribution in [-0.4, -0.2) is 38.0 Å². The van der Waals surface area contributed by atoms with Gasteiger partial charge in [-0.25, -0.2) is 4.79 Å². The van der Waals surface area contributed by atoms with E-state index in [1.54, 1.807) is 13.8 Å². The normalized spacial score (nSPS) is 12.5. The smallest absolute Gasteiger partial charge is 0.332 e. The van der Waals surface area contributed by atoms with Crippen molar-refractivity contribution in [2.75, 3.05) is 26.4 Å². The number of esters is 1. The van der Waals surface area contributed by atoms with Crippen LogP contribution in [0.5, 0.6) is 0 Å². The van der Waals surface area contributed by atoms with E-state index < -0.39 is 0 Å². The summed E-state index contributed by atoms with van der Waals surface area (Å²) in [6.07, 6.45) is 0. The number of carbonyl (C=O) groups excluding carboxylic acids is 1. The number of alkyl halides is 1. The van der Waals surface area contributed by atoms with Gasteiger partial charge in [0, 0.05) is 0 Å². The van der Waals surface area contributed by atoms with E-state index in [0.717, 1.165) is 0 Å². The molecule has 0 fully saturated rings. The summed E-state index contributed by atoms with van der Waals surface area (Å²) in [5.41, 5.74) is -0.328. The minimum Gasteiger partial charge on any atom is -0.464 e. The summed E-state index contributed by atoms with van der Waals surface area (Å²) >= 11 is 5.50. The van der Waals surface area contributed by atoms with Gasteiger partial charge in [-0.3, -0.25) is 0 Å². The molecule has 4 nitrogen and oxygen atoms in total. The highest BCUT2D eigenvalue weighted by Crippen LogP contribution is 1.94. The van der Waals surface area contributed by atoms with Gasteiger partial charge in [-0.2, -0.15) is 0 Å². The van der Waals surface area contributed by atoms with Crippen LogP contribution in [0.15, 0.2) is 0 Å². The Morgan fingerprint density at radius 2 is 2.15 bits per heavy atom. The van der Waals surface area contributed by atoms with Gasteiger partial charge in [-0.15, -0.1) is 0 Å². The first-order valence-corrected chi connectivity index (χ1v) is 4.59. The molecule has 0 spiro atoms. The molecule has 0 saturated heterocycles. The molecule has 78 valence electrons. The second kappa shape index (κ2) is 8.29. The predicted molar refractivity (Wildman–Crippen MR) is 48.7 cm³/mol. The Morgan fingerprint density at radius 3 is 2.69 bits per heavy atom. The number of ether oxygens (including phenoxy) is 3. The van der Waals surface area contributed by atoms with Crippen LogP contribution in [0.4, 0.5) is 0 Å². The summed E-state index contributed by atoms with van der Waals surface area (Å²) in [7, 11) is 0. The summed E-state index contributed by atoms with van der Waals surface area (Å²) in [5, 5.41) is 0. The molecule has 0 aromatic heterocycles. The molecule has 0 rings (SSSR count). The molecule has 0 aliphatic heterocycles. The molecule has 0 aromatic rings. The molecule has 0 aliphatic carbocycles. The lowest BCUT2D eigenvalue weighted by molar-refractivity contribution is -0.148. The second-order valence-corrected chi connectivity index (χ2v) is 2.89. The molecule has 0 heterocycles. The van der Waals surface area contributed by atoms with Crippen molar-refractivity contribution in [3.8, 4) is 0 Å². The summed E-state index contributed by atoms with van der Waals surface area (Å²) in [6.45, 7) is 4.52. The minimum atomic E-state index is -0.360. The molecular formula is C8H15ClO4. The maximum atomic E-state index is 10.7. The standard InChI is InChI=1S/C8H15ClO4/c1-3-12-8(10)6-11-4-5-13-7(2)9/h7H,3-6H2,1-2H3. The highest BCUT2D eigenvalue weighted by atomic mass is 35.5. The first-order chi connectivity index (χ1) is 6.16. The maximum absolute atomic E-state index is 10.7.